The first-order valence-corrected chi connectivity index (χ1v) is 9.94. The molecule has 0 atom stereocenters. The van der Waals surface area contributed by atoms with Crippen LogP contribution < -0.4 is 0 Å². The van der Waals surface area contributed by atoms with Crippen LogP contribution in [-0.4, -0.2) is 70.9 Å². The summed E-state index contributed by atoms with van der Waals surface area (Å²) < 4.78 is 37.8. The van der Waals surface area contributed by atoms with Gasteiger partial charge in [0.2, 0.25) is 0 Å². The van der Waals surface area contributed by atoms with Crippen LogP contribution in [0.25, 0.3) is 0 Å². The molecule has 1 aromatic carbocycles. The molecule has 0 aliphatic carbocycles. The van der Waals surface area contributed by atoms with Crippen molar-refractivity contribution < 1.29 is 27.6 Å². The van der Waals surface area contributed by atoms with Crippen LogP contribution in [0.4, 0.5) is 18.0 Å². The van der Waals surface area contributed by atoms with E-state index < -0.39 is 24.7 Å². The monoisotopic (exact) mass is 425 g/mol. The van der Waals surface area contributed by atoms with Crippen molar-refractivity contribution in [2.24, 2.45) is 0 Å². The van der Waals surface area contributed by atoms with Crippen LogP contribution in [0.2, 0.25) is 0 Å². The Morgan fingerprint density at radius 1 is 1.03 bits per heavy atom. The van der Waals surface area contributed by atoms with Crippen LogP contribution in [0.3, 0.4) is 0 Å². The topological polar surface area (TPSA) is 60.9 Å². The average Bonchev–Trinajstić information content (AvgIpc) is 2.94. The predicted molar refractivity (Wildman–Crippen MR) is 104 cm³/mol. The number of hydrogen-bond donors (Lipinski definition) is 0. The van der Waals surface area contributed by atoms with Crippen molar-refractivity contribution in [1.82, 2.24) is 14.7 Å². The maximum absolute atomic E-state index is 12.8. The van der Waals surface area contributed by atoms with E-state index in [4.69, 9.17) is 0 Å². The molecule has 2 heterocycles. The Balaban J connectivity index is 1.59. The van der Waals surface area contributed by atoms with Gasteiger partial charge in [-0.2, -0.15) is 13.2 Å². The van der Waals surface area contributed by atoms with Gasteiger partial charge in [0, 0.05) is 24.7 Å². The number of imide groups is 1. The quantitative estimate of drug-likeness (QED) is 0.698. The first-order valence-electron chi connectivity index (χ1n) is 9.94. The summed E-state index contributed by atoms with van der Waals surface area (Å²) in [4.78, 5) is 40.1. The number of urea groups is 1. The van der Waals surface area contributed by atoms with Crippen LogP contribution in [0.1, 0.15) is 49.5 Å². The van der Waals surface area contributed by atoms with E-state index in [1.54, 1.807) is 17.0 Å². The molecule has 30 heavy (non-hydrogen) atoms. The Hall–Kier alpha value is -2.58. The second-order valence-corrected chi connectivity index (χ2v) is 8.86. The smallest absolute Gasteiger partial charge is 0.338 e. The molecular weight excluding hydrogens is 399 g/mol. The SMILES string of the molecule is CC(C)(C)c1ccc(C(=O)N2CCC(N3CC(=O)N(CC(F)(F)F)C3=O)CC2)cc1. The zero-order valence-electron chi connectivity index (χ0n) is 17.3. The molecular formula is C21H26F3N3O3. The third-order valence-corrected chi connectivity index (χ3v) is 5.61. The summed E-state index contributed by atoms with van der Waals surface area (Å²) in [6.45, 7) is 5.12. The van der Waals surface area contributed by atoms with Crippen molar-refractivity contribution in [2.75, 3.05) is 26.2 Å². The van der Waals surface area contributed by atoms with Gasteiger partial charge in [-0.15, -0.1) is 0 Å². The van der Waals surface area contributed by atoms with Crippen molar-refractivity contribution in [2.45, 2.75) is 51.2 Å². The fraction of sp³-hybridized carbons (Fsp3) is 0.571. The number of alkyl halides is 3. The van der Waals surface area contributed by atoms with Crippen LogP contribution in [0, 0.1) is 0 Å². The van der Waals surface area contributed by atoms with Gasteiger partial charge in [0.15, 0.2) is 0 Å². The van der Waals surface area contributed by atoms with Gasteiger partial charge in [-0.05, 0) is 36.0 Å². The molecule has 4 amide bonds. The normalized spacial score (nSPS) is 19.1. The van der Waals surface area contributed by atoms with Crippen molar-refractivity contribution in [3.63, 3.8) is 0 Å². The predicted octanol–water partition coefficient (Wildman–Crippen LogP) is 3.42. The van der Waals surface area contributed by atoms with Gasteiger partial charge in [-0.25, -0.2) is 4.79 Å². The van der Waals surface area contributed by atoms with E-state index in [1.807, 2.05) is 12.1 Å². The van der Waals surface area contributed by atoms with Crippen LogP contribution in [0.5, 0.6) is 0 Å². The van der Waals surface area contributed by atoms with Crippen molar-refractivity contribution in [3.8, 4) is 0 Å². The van der Waals surface area contributed by atoms with Gasteiger partial charge in [0.1, 0.15) is 13.1 Å². The Labute approximate surface area is 173 Å². The Morgan fingerprint density at radius 3 is 2.10 bits per heavy atom. The molecule has 0 bridgehead atoms. The van der Waals surface area contributed by atoms with E-state index in [2.05, 4.69) is 20.8 Å². The van der Waals surface area contributed by atoms with E-state index in [0.717, 1.165) is 5.56 Å². The molecule has 2 saturated heterocycles. The highest BCUT2D eigenvalue weighted by atomic mass is 19.4. The number of benzene rings is 1. The molecule has 9 heteroatoms. The van der Waals surface area contributed by atoms with Crippen molar-refractivity contribution in [1.29, 1.82) is 0 Å². The molecule has 0 radical (unpaired) electrons. The van der Waals surface area contributed by atoms with Crippen molar-refractivity contribution >= 4 is 17.8 Å². The maximum Gasteiger partial charge on any atom is 0.406 e. The number of nitrogens with zero attached hydrogens (tertiary/aromatic N) is 3. The number of carbonyl (C=O) groups is 3. The maximum atomic E-state index is 12.8. The van der Waals surface area contributed by atoms with E-state index in [1.165, 1.54) is 4.90 Å². The minimum atomic E-state index is -4.63. The van der Waals surface area contributed by atoms with Gasteiger partial charge in [-0.3, -0.25) is 14.5 Å². The molecule has 2 aliphatic rings. The second-order valence-electron chi connectivity index (χ2n) is 8.86. The van der Waals surface area contributed by atoms with E-state index in [0.29, 0.717) is 31.5 Å². The number of carbonyl (C=O) groups excluding carboxylic acids is 3. The summed E-state index contributed by atoms with van der Waals surface area (Å²) in [7, 11) is 0. The summed E-state index contributed by atoms with van der Waals surface area (Å²) in [6, 6.07) is 6.21. The number of hydrogen-bond acceptors (Lipinski definition) is 3. The fourth-order valence-electron chi connectivity index (χ4n) is 3.86. The molecule has 0 unspecified atom stereocenters. The minimum Gasteiger partial charge on any atom is -0.338 e. The molecule has 2 aliphatic heterocycles. The lowest BCUT2D eigenvalue weighted by Crippen LogP contribution is -2.48. The molecule has 0 aromatic heterocycles. The van der Waals surface area contributed by atoms with Crippen molar-refractivity contribution in [3.05, 3.63) is 35.4 Å². The average molecular weight is 425 g/mol. The van der Waals surface area contributed by atoms with Gasteiger partial charge in [-0.1, -0.05) is 32.9 Å². The van der Waals surface area contributed by atoms with Crippen LogP contribution in [-0.2, 0) is 10.2 Å². The largest absolute Gasteiger partial charge is 0.406 e. The zero-order chi connectivity index (χ0) is 22.3. The van der Waals surface area contributed by atoms with Crippen LogP contribution in [0.15, 0.2) is 24.3 Å². The van der Waals surface area contributed by atoms with Gasteiger partial charge in [0.25, 0.3) is 11.8 Å². The van der Waals surface area contributed by atoms with Crippen LogP contribution >= 0.6 is 0 Å². The molecule has 164 valence electrons. The first-order chi connectivity index (χ1) is 13.9. The fourth-order valence-corrected chi connectivity index (χ4v) is 3.86. The summed E-state index contributed by atoms with van der Waals surface area (Å²) in [6.07, 6.45) is -3.78. The number of piperidine rings is 1. The lowest BCUT2D eigenvalue weighted by Gasteiger charge is -2.36. The molecule has 0 spiro atoms. The highest BCUT2D eigenvalue weighted by molar-refractivity contribution is 6.02. The van der Waals surface area contributed by atoms with E-state index in [-0.39, 0.29) is 28.8 Å². The number of amides is 4. The Morgan fingerprint density at radius 2 is 1.60 bits per heavy atom. The Bertz CT molecular complexity index is 823. The number of rotatable bonds is 3. The molecule has 2 fully saturated rings. The molecule has 1 aromatic rings. The summed E-state index contributed by atoms with van der Waals surface area (Å²) in [5, 5.41) is 0. The third-order valence-electron chi connectivity index (χ3n) is 5.61. The highest BCUT2D eigenvalue weighted by Crippen LogP contribution is 2.27. The van der Waals surface area contributed by atoms with Gasteiger partial charge >= 0.3 is 12.2 Å². The molecule has 3 rings (SSSR count). The lowest BCUT2D eigenvalue weighted by atomic mass is 9.86. The number of likely N-dealkylation sites (tertiary alicyclic amines) is 1. The first kappa shape index (κ1) is 22.1. The lowest BCUT2D eigenvalue weighted by molar-refractivity contribution is -0.151. The molecule has 0 saturated carbocycles. The number of halogens is 3. The summed E-state index contributed by atoms with van der Waals surface area (Å²) in [5.41, 5.74) is 1.68. The van der Waals surface area contributed by atoms with Gasteiger partial charge < -0.3 is 9.80 Å². The summed E-state index contributed by atoms with van der Waals surface area (Å²) >= 11 is 0. The zero-order valence-corrected chi connectivity index (χ0v) is 17.3. The third kappa shape index (κ3) is 4.76. The molecule has 6 nitrogen and oxygen atoms in total. The van der Waals surface area contributed by atoms with E-state index >= 15 is 0 Å². The Kier molecular flexibility index (Phi) is 5.84. The summed E-state index contributed by atoms with van der Waals surface area (Å²) in [5.74, 6) is -0.953. The highest BCUT2D eigenvalue weighted by Gasteiger charge is 2.45. The van der Waals surface area contributed by atoms with E-state index in [9.17, 15) is 27.6 Å². The second kappa shape index (κ2) is 7.92. The minimum absolute atomic E-state index is 0.0143. The standard InChI is InChI=1S/C21H26F3N3O3/c1-20(2,3)15-6-4-14(5-7-15)18(29)25-10-8-16(9-11-25)26-12-17(28)27(19(26)30)13-21(22,23)24/h4-7,16H,8-13H2,1-3H3. The molecule has 0 N–H and O–H groups in total. The van der Waals surface area contributed by atoms with Gasteiger partial charge in [0.05, 0.1) is 0 Å².